The van der Waals surface area contributed by atoms with Crippen LogP contribution in [-0.2, 0) is 12.8 Å². The number of hydrogen-bond donors (Lipinski definition) is 0. The van der Waals surface area contributed by atoms with E-state index in [4.69, 9.17) is 9.97 Å². The highest BCUT2D eigenvalue weighted by molar-refractivity contribution is 6.12. The third-order valence-electron chi connectivity index (χ3n) is 7.91. The second kappa shape index (κ2) is 6.10. The molecule has 2 aliphatic carbocycles. The first-order valence-corrected chi connectivity index (χ1v) is 12.0. The first-order chi connectivity index (χ1) is 17.3. The molecular weight excluding hydrogens is 428 g/mol. The van der Waals surface area contributed by atoms with E-state index in [1.807, 2.05) is 24.7 Å². The number of aromatic nitrogens is 4. The summed E-state index contributed by atoms with van der Waals surface area (Å²) in [7, 11) is 0. The summed E-state index contributed by atoms with van der Waals surface area (Å²) < 4.78 is 2.28. The largest absolute Gasteiger partial charge is 0.290 e. The third-order valence-corrected chi connectivity index (χ3v) is 7.91. The SMILES string of the molecule is c1ccc2c(c1)Cc1cc3c(cc1-2)Cc1cc2c(cc1-3)nc1c3ccncc3c3ncccc3n21. The number of pyridine rings is 3. The lowest BCUT2D eigenvalue weighted by Crippen LogP contribution is -1.93. The maximum Gasteiger partial charge on any atom is 0.146 e. The van der Waals surface area contributed by atoms with Gasteiger partial charge in [0, 0.05) is 29.4 Å². The fourth-order valence-corrected chi connectivity index (χ4v) is 6.38. The van der Waals surface area contributed by atoms with Gasteiger partial charge in [-0.25, -0.2) is 4.98 Å². The van der Waals surface area contributed by atoms with E-state index in [-0.39, 0.29) is 0 Å². The quantitative estimate of drug-likeness (QED) is 0.243. The molecule has 4 nitrogen and oxygen atoms in total. The van der Waals surface area contributed by atoms with Crippen molar-refractivity contribution in [2.75, 3.05) is 0 Å². The Kier molecular flexibility index (Phi) is 3.11. The second-order valence-corrected chi connectivity index (χ2v) is 9.74. The lowest BCUT2D eigenvalue weighted by Gasteiger charge is -2.08. The average molecular weight is 447 g/mol. The Bertz CT molecular complexity index is 2070. The highest BCUT2D eigenvalue weighted by atomic mass is 15.0. The highest BCUT2D eigenvalue weighted by Crippen LogP contribution is 2.46. The topological polar surface area (TPSA) is 43.1 Å². The van der Waals surface area contributed by atoms with E-state index >= 15 is 0 Å². The lowest BCUT2D eigenvalue weighted by molar-refractivity contribution is 1.24. The fourth-order valence-electron chi connectivity index (χ4n) is 6.38. The van der Waals surface area contributed by atoms with Crippen molar-refractivity contribution in [3.05, 3.63) is 108 Å². The van der Waals surface area contributed by atoms with Crippen LogP contribution in [0.5, 0.6) is 0 Å². The zero-order valence-corrected chi connectivity index (χ0v) is 18.8. The van der Waals surface area contributed by atoms with Crippen molar-refractivity contribution in [1.29, 1.82) is 0 Å². The van der Waals surface area contributed by atoms with Gasteiger partial charge in [0.1, 0.15) is 5.65 Å². The summed E-state index contributed by atoms with van der Waals surface area (Å²) in [6, 6.07) is 24.5. The van der Waals surface area contributed by atoms with Crippen molar-refractivity contribution in [2.45, 2.75) is 12.8 Å². The maximum atomic E-state index is 5.16. The van der Waals surface area contributed by atoms with Gasteiger partial charge in [-0.05, 0) is 99.8 Å². The van der Waals surface area contributed by atoms with E-state index in [1.165, 1.54) is 44.5 Å². The number of fused-ring (bicyclic) bond motifs is 14. The standard InChI is InChI=1S/C31H18N4/c1-2-5-21-17(4-1)10-18-13-24-19(12-23(18)21)11-20-14-29-27(15-25(20)24)34-31-22-7-9-32-16-26(22)30-28(35(29)31)6-3-8-33-30/h1-9,12-16H,10-11H2. The minimum Gasteiger partial charge on any atom is -0.290 e. The Balaban J connectivity index is 1.33. The predicted molar refractivity (Wildman–Crippen MR) is 140 cm³/mol. The molecule has 4 aromatic heterocycles. The van der Waals surface area contributed by atoms with Crippen molar-refractivity contribution in [2.24, 2.45) is 0 Å². The molecule has 0 N–H and O–H groups in total. The number of imidazole rings is 1. The van der Waals surface area contributed by atoms with Gasteiger partial charge in [-0.2, -0.15) is 0 Å². The summed E-state index contributed by atoms with van der Waals surface area (Å²) in [5.41, 5.74) is 16.3. The van der Waals surface area contributed by atoms with Gasteiger partial charge < -0.3 is 0 Å². The van der Waals surface area contributed by atoms with Crippen LogP contribution < -0.4 is 0 Å². The van der Waals surface area contributed by atoms with Gasteiger partial charge in [0.15, 0.2) is 0 Å². The summed E-state index contributed by atoms with van der Waals surface area (Å²) >= 11 is 0. The van der Waals surface area contributed by atoms with E-state index in [2.05, 4.69) is 70.0 Å². The van der Waals surface area contributed by atoms with Crippen molar-refractivity contribution in [1.82, 2.24) is 19.4 Å². The van der Waals surface area contributed by atoms with Crippen LogP contribution in [0.15, 0.2) is 85.3 Å². The Hall–Kier alpha value is -4.57. The molecule has 4 heterocycles. The summed E-state index contributed by atoms with van der Waals surface area (Å²) in [5.74, 6) is 0. The van der Waals surface area contributed by atoms with E-state index < -0.39 is 0 Å². The molecule has 0 unspecified atom stereocenters. The number of benzene rings is 3. The zero-order valence-electron chi connectivity index (χ0n) is 18.8. The highest BCUT2D eigenvalue weighted by Gasteiger charge is 2.26. The van der Waals surface area contributed by atoms with Gasteiger partial charge in [0.05, 0.1) is 22.1 Å². The number of nitrogens with zero attached hydrogens (tertiary/aromatic N) is 4. The van der Waals surface area contributed by atoms with Crippen LogP contribution in [0.2, 0.25) is 0 Å². The molecule has 3 aromatic carbocycles. The Morgan fingerprint density at radius 1 is 0.629 bits per heavy atom. The average Bonchev–Trinajstić information content (AvgIpc) is 3.57. The molecule has 0 aliphatic heterocycles. The predicted octanol–water partition coefficient (Wildman–Crippen LogP) is 6.73. The lowest BCUT2D eigenvalue weighted by atomic mass is 9.98. The second-order valence-electron chi connectivity index (χ2n) is 9.74. The molecule has 0 saturated carbocycles. The van der Waals surface area contributed by atoms with Crippen molar-refractivity contribution >= 4 is 38.5 Å². The first kappa shape index (κ1) is 17.8. The minimum absolute atomic E-state index is 0.955. The summed E-state index contributed by atoms with van der Waals surface area (Å²) in [5, 5.41) is 2.12. The molecule has 0 spiro atoms. The summed E-state index contributed by atoms with van der Waals surface area (Å²) in [6.07, 6.45) is 7.57. The van der Waals surface area contributed by atoms with E-state index in [0.717, 1.165) is 51.3 Å². The third kappa shape index (κ3) is 2.20. The van der Waals surface area contributed by atoms with Crippen LogP contribution in [-0.4, -0.2) is 19.4 Å². The van der Waals surface area contributed by atoms with Gasteiger partial charge in [-0.1, -0.05) is 24.3 Å². The van der Waals surface area contributed by atoms with Gasteiger partial charge in [-0.3, -0.25) is 14.4 Å². The van der Waals surface area contributed by atoms with Gasteiger partial charge in [0.2, 0.25) is 0 Å². The van der Waals surface area contributed by atoms with Gasteiger partial charge in [0.25, 0.3) is 0 Å². The Morgan fingerprint density at radius 3 is 2.37 bits per heavy atom. The van der Waals surface area contributed by atoms with Crippen molar-refractivity contribution < 1.29 is 0 Å². The summed E-state index contributed by atoms with van der Waals surface area (Å²) in [6.45, 7) is 0. The normalized spacial score (nSPS) is 13.5. The number of rotatable bonds is 0. The summed E-state index contributed by atoms with van der Waals surface area (Å²) in [4.78, 5) is 14.2. The molecule has 9 rings (SSSR count). The molecule has 162 valence electrons. The van der Waals surface area contributed by atoms with E-state index in [0.29, 0.717) is 0 Å². The van der Waals surface area contributed by atoms with Crippen molar-refractivity contribution in [3.8, 4) is 22.3 Å². The Morgan fingerprint density at radius 2 is 1.43 bits per heavy atom. The van der Waals surface area contributed by atoms with E-state index in [9.17, 15) is 0 Å². The van der Waals surface area contributed by atoms with Crippen LogP contribution >= 0.6 is 0 Å². The van der Waals surface area contributed by atoms with Crippen LogP contribution in [0, 0.1) is 0 Å². The fraction of sp³-hybridized carbons (Fsp3) is 0.0645. The zero-order chi connectivity index (χ0) is 22.7. The first-order valence-electron chi connectivity index (χ1n) is 12.0. The molecule has 2 aliphatic rings. The number of hydrogen-bond acceptors (Lipinski definition) is 3. The van der Waals surface area contributed by atoms with Gasteiger partial charge in [-0.15, -0.1) is 0 Å². The minimum atomic E-state index is 0.955. The van der Waals surface area contributed by atoms with Gasteiger partial charge >= 0.3 is 0 Å². The maximum absolute atomic E-state index is 5.16. The molecule has 0 saturated heterocycles. The molecule has 7 aromatic rings. The molecule has 0 radical (unpaired) electrons. The Labute approximate surface area is 200 Å². The van der Waals surface area contributed by atoms with Crippen LogP contribution in [0.1, 0.15) is 22.3 Å². The van der Waals surface area contributed by atoms with E-state index in [1.54, 1.807) is 0 Å². The molecule has 0 amide bonds. The molecule has 0 bridgehead atoms. The smallest absolute Gasteiger partial charge is 0.146 e. The molecular formula is C31H18N4. The van der Waals surface area contributed by atoms with Crippen LogP contribution in [0.25, 0.3) is 60.7 Å². The monoisotopic (exact) mass is 446 g/mol. The molecule has 35 heavy (non-hydrogen) atoms. The van der Waals surface area contributed by atoms with Crippen LogP contribution in [0.4, 0.5) is 0 Å². The molecule has 4 heteroatoms. The van der Waals surface area contributed by atoms with Crippen molar-refractivity contribution in [3.63, 3.8) is 0 Å². The molecule has 0 fully saturated rings. The molecule has 0 atom stereocenters. The van der Waals surface area contributed by atoms with Crippen LogP contribution in [0.3, 0.4) is 0 Å².